The molecule has 100 valence electrons. The van der Waals surface area contributed by atoms with E-state index in [-0.39, 0.29) is 0 Å². The maximum Gasteiger partial charge on any atom is 0.391 e. The standard InChI is InChI=1S/C13H22F3N/c1-17-12(8-9-2-3-9)10-4-6-11(7-5-10)13(14,15)16/h9-12,17H,2-8H2,1H3. The molecule has 2 saturated carbocycles. The van der Waals surface area contributed by atoms with Gasteiger partial charge in [0, 0.05) is 6.04 Å². The lowest BCUT2D eigenvalue weighted by Crippen LogP contribution is -2.38. The van der Waals surface area contributed by atoms with Gasteiger partial charge in [0.05, 0.1) is 5.92 Å². The Labute approximate surface area is 101 Å². The van der Waals surface area contributed by atoms with Crippen LogP contribution in [0.15, 0.2) is 0 Å². The fourth-order valence-electron chi connectivity index (χ4n) is 3.11. The molecule has 2 rings (SSSR count). The number of halogens is 3. The Morgan fingerprint density at radius 3 is 2.06 bits per heavy atom. The Kier molecular flexibility index (Phi) is 4.01. The van der Waals surface area contributed by atoms with Gasteiger partial charge in [0.1, 0.15) is 0 Å². The zero-order valence-electron chi connectivity index (χ0n) is 10.4. The van der Waals surface area contributed by atoms with Gasteiger partial charge in [0.25, 0.3) is 0 Å². The number of alkyl halides is 3. The van der Waals surface area contributed by atoms with E-state index in [1.165, 1.54) is 12.8 Å². The zero-order valence-corrected chi connectivity index (χ0v) is 10.4. The van der Waals surface area contributed by atoms with Gasteiger partial charge in [-0.3, -0.25) is 0 Å². The normalized spacial score (nSPS) is 32.5. The third kappa shape index (κ3) is 3.60. The third-order valence-corrected chi connectivity index (χ3v) is 4.46. The van der Waals surface area contributed by atoms with Crippen LogP contribution in [-0.4, -0.2) is 19.3 Å². The van der Waals surface area contributed by atoms with E-state index < -0.39 is 12.1 Å². The van der Waals surface area contributed by atoms with Crippen LogP contribution in [-0.2, 0) is 0 Å². The quantitative estimate of drug-likeness (QED) is 0.800. The highest BCUT2D eigenvalue weighted by molar-refractivity contribution is 4.87. The SMILES string of the molecule is CNC(CC1CC1)C1CCC(C(F)(F)F)CC1. The molecule has 0 aromatic rings. The number of hydrogen-bond donors (Lipinski definition) is 1. The van der Waals surface area contributed by atoms with E-state index in [0.29, 0.717) is 24.8 Å². The van der Waals surface area contributed by atoms with Crippen molar-refractivity contribution in [2.45, 2.75) is 57.2 Å². The molecule has 0 aromatic heterocycles. The van der Waals surface area contributed by atoms with E-state index in [9.17, 15) is 13.2 Å². The fraction of sp³-hybridized carbons (Fsp3) is 1.00. The monoisotopic (exact) mass is 249 g/mol. The first kappa shape index (κ1) is 13.2. The van der Waals surface area contributed by atoms with Crippen LogP contribution >= 0.6 is 0 Å². The first-order chi connectivity index (χ1) is 8.00. The molecule has 0 radical (unpaired) electrons. The molecule has 2 aliphatic rings. The summed E-state index contributed by atoms with van der Waals surface area (Å²) in [5.41, 5.74) is 0. The van der Waals surface area contributed by atoms with Gasteiger partial charge < -0.3 is 5.32 Å². The van der Waals surface area contributed by atoms with E-state index >= 15 is 0 Å². The molecule has 0 spiro atoms. The predicted molar refractivity (Wildman–Crippen MR) is 61.7 cm³/mol. The summed E-state index contributed by atoms with van der Waals surface area (Å²) < 4.78 is 37.7. The largest absolute Gasteiger partial charge is 0.391 e. The molecule has 0 saturated heterocycles. The van der Waals surface area contributed by atoms with Gasteiger partial charge in [-0.05, 0) is 51.0 Å². The minimum absolute atomic E-state index is 0.330. The van der Waals surface area contributed by atoms with E-state index in [2.05, 4.69) is 5.32 Å². The molecule has 0 heterocycles. The van der Waals surface area contributed by atoms with Crippen molar-refractivity contribution in [3.63, 3.8) is 0 Å². The summed E-state index contributed by atoms with van der Waals surface area (Å²) >= 11 is 0. The molecule has 1 N–H and O–H groups in total. The van der Waals surface area contributed by atoms with Crippen molar-refractivity contribution in [2.24, 2.45) is 17.8 Å². The lowest BCUT2D eigenvalue weighted by Gasteiger charge is -2.34. The molecule has 0 amide bonds. The molecule has 17 heavy (non-hydrogen) atoms. The van der Waals surface area contributed by atoms with Gasteiger partial charge in [-0.2, -0.15) is 13.2 Å². The Morgan fingerprint density at radius 2 is 1.65 bits per heavy atom. The number of rotatable bonds is 4. The van der Waals surface area contributed by atoms with Crippen LogP contribution in [0.3, 0.4) is 0 Å². The second kappa shape index (κ2) is 5.17. The van der Waals surface area contributed by atoms with Crippen LogP contribution in [0.1, 0.15) is 44.9 Å². The van der Waals surface area contributed by atoms with Crippen molar-refractivity contribution < 1.29 is 13.2 Å². The van der Waals surface area contributed by atoms with Crippen LogP contribution in [0.25, 0.3) is 0 Å². The third-order valence-electron chi connectivity index (χ3n) is 4.46. The van der Waals surface area contributed by atoms with Crippen LogP contribution in [0.4, 0.5) is 13.2 Å². The number of nitrogens with one attached hydrogen (secondary N) is 1. The molecule has 4 heteroatoms. The van der Waals surface area contributed by atoms with E-state index in [1.54, 1.807) is 0 Å². The summed E-state index contributed by atoms with van der Waals surface area (Å²) in [6, 6.07) is 0.441. The van der Waals surface area contributed by atoms with E-state index in [4.69, 9.17) is 0 Å². The molecule has 0 aliphatic heterocycles. The highest BCUT2D eigenvalue weighted by atomic mass is 19.4. The minimum Gasteiger partial charge on any atom is -0.317 e. The first-order valence-electron chi connectivity index (χ1n) is 6.74. The molecule has 0 bridgehead atoms. The lowest BCUT2D eigenvalue weighted by atomic mass is 9.77. The molecular weight excluding hydrogens is 227 g/mol. The molecule has 1 nitrogen and oxygen atoms in total. The highest BCUT2D eigenvalue weighted by Crippen LogP contribution is 2.42. The molecule has 2 aliphatic carbocycles. The average Bonchev–Trinajstić information content (AvgIpc) is 3.09. The van der Waals surface area contributed by atoms with Crippen molar-refractivity contribution in [1.29, 1.82) is 0 Å². The van der Waals surface area contributed by atoms with Crippen LogP contribution in [0.2, 0.25) is 0 Å². The van der Waals surface area contributed by atoms with Crippen molar-refractivity contribution in [3.05, 3.63) is 0 Å². The Morgan fingerprint density at radius 1 is 1.06 bits per heavy atom. The van der Waals surface area contributed by atoms with Crippen molar-refractivity contribution in [3.8, 4) is 0 Å². The second-order valence-electron chi connectivity index (χ2n) is 5.73. The second-order valence-corrected chi connectivity index (χ2v) is 5.73. The van der Waals surface area contributed by atoms with Gasteiger partial charge in [-0.15, -0.1) is 0 Å². The van der Waals surface area contributed by atoms with Gasteiger partial charge in [0.2, 0.25) is 0 Å². The Bertz CT molecular complexity index is 240. The summed E-state index contributed by atoms with van der Waals surface area (Å²) in [5, 5.41) is 3.32. The molecule has 1 unspecified atom stereocenters. The fourth-order valence-corrected chi connectivity index (χ4v) is 3.11. The Hall–Kier alpha value is -0.250. The summed E-state index contributed by atoms with van der Waals surface area (Å²) in [6.07, 6.45) is 1.96. The van der Waals surface area contributed by atoms with Crippen molar-refractivity contribution in [1.82, 2.24) is 5.32 Å². The summed E-state index contributed by atoms with van der Waals surface area (Å²) in [5.74, 6) is 0.254. The topological polar surface area (TPSA) is 12.0 Å². The maximum atomic E-state index is 12.6. The van der Waals surface area contributed by atoms with Crippen LogP contribution in [0, 0.1) is 17.8 Å². The van der Waals surface area contributed by atoms with E-state index in [0.717, 1.165) is 25.2 Å². The summed E-state index contributed by atoms with van der Waals surface area (Å²) in [7, 11) is 1.95. The van der Waals surface area contributed by atoms with Crippen molar-refractivity contribution >= 4 is 0 Å². The molecular formula is C13H22F3N. The highest BCUT2D eigenvalue weighted by Gasteiger charge is 2.42. The smallest absolute Gasteiger partial charge is 0.317 e. The molecule has 1 atom stereocenters. The lowest BCUT2D eigenvalue weighted by molar-refractivity contribution is -0.184. The first-order valence-corrected chi connectivity index (χ1v) is 6.74. The van der Waals surface area contributed by atoms with E-state index in [1.807, 2.05) is 7.05 Å². The van der Waals surface area contributed by atoms with Gasteiger partial charge in [-0.1, -0.05) is 12.8 Å². The van der Waals surface area contributed by atoms with Crippen LogP contribution < -0.4 is 5.32 Å². The molecule has 2 fully saturated rings. The Balaban J connectivity index is 1.80. The number of hydrogen-bond acceptors (Lipinski definition) is 1. The molecule has 0 aromatic carbocycles. The van der Waals surface area contributed by atoms with Gasteiger partial charge >= 0.3 is 6.18 Å². The summed E-state index contributed by atoms with van der Waals surface area (Å²) in [6.45, 7) is 0. The predicted octanol–water partition coefficient (Wildman–Crippen LogP) is 3.74. The average molecular weight is 249 g/mol. The van der Waals surface area contributed by atoms with Gasteiger partial charge in [-0.25, -0.2) is 0 Å². The minimum atomic E-state index is -3.98. The summed E-state index contributed by atoms with van der Waals surface area (Å²) in [4.78, 5) is 0. The maximum absolute atomic E-state index is 12.6. The van der Waals surface area contributed by atoms with Crippen LogP contribution in [0.5, 0.6) is 0 Å². The zero-order chi connectivity index (χ0) is 12.5. The van der Waals surface area contributed by atoms with Gasteiger partial charge in [0.15, 0.2) is 0 Å². The van der Waals surface area contributed by atoms with Crippen molar-refractivity contribution in [2.75, 3.05) is 7.05 Å².